The van der Waals surface area contributed by atoms with Gasteiger partial charge in [-0.1, -0.05) is 24.3 Å². The highest BCUT2D eigenvalue weighted by atomic mass is 35.5. The van der Waals surface area contributed by atoms with Crippen LogP contribution in [0.25, 0.3) is 6.08 Å². The molecule has 4 amide bonds. The first kappa shape index (κ1) is 22.6. The number of aromatic carboxylic acids is 1. The minimum absolute atomic E-state index is 0.0223. The van der Waals surface area contributed by atoms with Crippen molar-refractivity contribution < 1.29 is 33.8 Å². The Labute approximate surface area is 187 Å². The molecule has 0 spiro atoms. The van der Waals surface area contributed by atoms with Gasteiger partial charge in [0.15, 0.2) is 11.5 Å². The zero-order chi connectivity index (χ0) is 23.4. The van der Waals surface area contributed by atoms with E-state index in [0.29, 0.717) is 5.56 Å². The first-order valence-electron chi connectivity index (χ1n) is 9.12. The predicted molar refractivity (Wildman–Crippen MR) is 116 cm³/mol. The second kappa shape index (κ2) is 9.36. The lowest BCUT2D eigenvalue weighted by molar-refractivity contribution is -0.122. The molecular weight excluding hydrogens is 440 g/mol. The fraction of sp³-hybridized carbons (Fsp3) is 0.0909. The van der Waals surface area contributed by atoms with Crippen molar-refractivity contribution in [2.75, 3.05) is 18.6 Å². The molecule has 1 aliphatic rings. The van der Waals surface area contributed by atoms with Crippen LogP contribution in [-0.4, -0.2) is 42.6 Å². The van der Waals surface area contributed by atoms with Crippen molar-refractivity contribution in [1.29, 1.82) is 0 Å². The number of hydrogen-bond acceptors (Lipinski definition) is 6. The third kappa shape index (κ3) is 4.47. The third-order valence-corrected chi connectivity index (χ3v) is 4.66. The van der Waals surface area contributed by atoms with Crippen molar-refractivity contribution >= 4 is 47.2 Å². The summed E-state index contributed by atoms with van der Waals surface area (Å²) in [5.74, 6) is -2.39. The zero-order valence-electron chi connectivity index (χ0n) is 16.8. The van der Waals surface area contributed by atoms with Crippen LogP contribution in [0.1, 0.15) is 15.9 Å². The van der Waals surface area contributed by atoms with Crippen molar-refractivity contribution in [3.8, 4) is 11.5 Å². The Hall–Kier alpha value is -4.11. The van der Waals surface area contributed by atoms with Crippen LogP contribution in [0.4, 0.5) is 10.5 Å². The van der Waals surface area contributed by atoms with Crippen LogP contribution in [0.15, 0.2) is 54.6 Å². The Morgan fingerprint density at radius 3 is 2.50 bits per heavy atom. The summed E-state index contributed by atoms with van der Waals surface area (Å²) in [7, 11) is 1.41. The number of methoxy groups -OCH3 is 1. The number of barbiturate groups is 1. The van der Waals surface area contributed by atoms with Crippen LogP contribution in [0.3, 0.4) is 0 Å². The SMILES string of the molecule is C=CCOc1c(Cl)cc(/C=C2\C(=O)NC(=O)N(c3ccc(C(=O)O)cc3)C2=O)cc1OC. The molecule has 2 aromatic carbocycles. The van der Waals surface area contributed by atoms with Gasteiger partial charge in [0.05, 0.1) is 23.4 Å². The smallest absolute Gasteiger partial charge is 0.335 e. The van der Waals surface area contributed by atoms with E-state index in [2.05, 4.69) is 11.9 Å². The second-order valence-electron chi connectivity index (χ2n) is 6.44. The van der Waals surface area contributed by atoms with Gasteiger partial charge in [0, 0.05) is 0 Å². The highest BCUT2D eigenvalue weighted by Crippen LogP contribution is 2.37. The number of anilines is 1. The van der Waals surface area contributed by atoms with Gasteiger partial charge in [-0.2, -0.15) is 0 Å². The fourth-order valence-corrected chi connectivity index (χ4v) is 3.19. The number of halogens is 1. The number of carbonyl (C=O) groups is 4. The summed E-state index contributed by atoms with van der Waals surface area (Å²) in [6, 6.07) is 7.10. The number of carbonyl (C=O) groups excluding carboxylic acids is 3. The van der Waals surface area contributed by atoms with Crippen LogP contribution in [-0.2, 0) is 9.59 Å². The first-order chi connectivity index (χ1) is 15.3. The summed E-state index contributed by atoms with van der Waals surface area (Å²) in [6.07, 6.45) is 2.79. The molecule has 1 fully saturated rings. The van der Waals surface area contributed by atoms with E-state index in [0.717, 1.165) is 4.90 Å². The molecule has 0 radical (unpaired) electrons. The number of carboxylic acids is 1. The van der Waals surface area contributed by atoms with Crippen molar-refractivity contribution in [1.82, 2.24) is 5.32 Å². The van der Waals surface area contributed by atoms with Crippen molar-refractivity contribution in [3.05, 3.63) is 70.8 Å². The summed E-state index contributed by atoms with van der Waals surface area (Å²) in [4.78, 5) is 49.4. The van der Waals surface area contributed by atoms with Gasteiger partial charge in [0.1, 0.15) is 12.2 Å². The summed E-state index contributed by atoms with van der Waals surface area (Å²) < 4.78 is 10.7. The van der Waals surface area contributed by atoms with Crippen LogP contribution < -0.4 is 19.7 Å². The Bertz CT molecular complexity index is 1160. The molecule has 0 aliphatic carbocycles. The van der Waals surface area contributed by atoms with Gasteiger partial charge in [0.25, 0.3) is 11.8 Å². The lowest BCUT2D eigenvalue weighted by Crippen LogP contribution is -2.54. The molecule has 164 valence electrons. The van der Waals surface area contributed by atoms with Gasteiger partial charge >= 0.3 is 12.0 Å². The van der Waals surface area contributed by atoms with E-state index in [1.165, 1.54) is 55.7 Å². The van der Waals surface area contributed by atoms with E-state index in [4.69, 9.17) is 26.2 Å². The second-order valence-corrected chi connectivity index (χ2v) is 6.85. The standard InChI is InChI=1S/C22H17ClN2O7/c1-3-8-32-18-16(23)10-12(11-17(18)31-2)9-15-19(26)24-22(30)25(20(15)27)14-6-4-13(5-7-14)21(28)29/h3-7,9-11H,1,8H2,2H3,(H,28,29)(H,24,26,30)/b15-9+. The molecule has 0 bridgehead atoms. The highest BCUT2D eigenvalue weighted by Gasteiger charge is 2.37. The Morgan fingerprint density at radius 2 is 1.91 bits per heavy atom. The molecule has 1 heterocycles. The number of carboxylic acid groups (broad SMARTS) is 1. The molecule has 32 heavy (non-hydrogen) atoms. The molecule has 0 unspecified atom stereocenters. The summed E-state index contributed by atoms with van der Waals surface area (Å²) in [6.45, 7) is 3.75. The maximum atomic E-state index is 13.0. The van der Waals surface area contributed by atoms with Gasteiger partial charge in [-0.25, -0.2) is 14.5 Å². The average molecular weight is 457 g/mol. The topological polar surface area (TPSA) is 122 Å². The number of ether oxygens (including phenoxy) is 2. The third-order valence-electron chi connectivity index (χ3n) is 4.38. The van der Waals surface area contributed by atoms with Gasteiger partial charge < -0.3 is 14.6 Å². The zero-order valence-corrected chi connectivity index (χ0v) is 17.5. The monoisotopic (exact) mass is 456 g/mol. The molecule has 0 atom stereocenters. The minimum atomic E-state index is -1.16. The van der Waals surface area contributed by atoms with Crippen LogP contribution in [0.2, 0.25) is 5.02 Å². The number of nitrogens with zero attached hydrogens (tertiary/aromatic N) is 1. The summed E-state index contributed by atoms with van der Waals surface area (Å²) in [5.41, 5.74) is 0.0993. The molecule has 3 rings (SSSR count). The average Bonchev–Trinajstić information content (AvgIpc) is 2.75. The largest absolute Gasteiger partial charge is 0.493 e. The van der Waals surface area contributed by atoms with Crippen LogP contribution >= 0.6 is 11.6 Å². The van der Waals surface area contributed by atoms with Crippen molar-refractivity contribution in [2.45, 2.75) is 0 Å². The predicted octanol–water partition coefficient (Wildman–Crippen LogP) is 3.28. The van der Waals surface area contributed by atoms with Gasteiger partial charge in [-0.3, -0.25) is 14.9 Å². The number of amides is 4. The van der Waals surface area contributed by atoms with E-state index < -0.39 is 23.8 Å². The normalized spacial score (nSPS) is 14.9. The number of rotatable bonds is 7. The minimum Gasteiger partial charge on any atom is -0.493 e. The van der Waals surface area contributed by atoms with Crippen LogP contribution in [0.5, 0.6) is 11.5 Å². The Morgan fingerprint density at radius 1 is 1.22 bits per heavy atom. The number of nitrogens with one attached hydrogen (secondary N) is 1. The lowest BCUT2D eigenvalue weighted by atomic mass is 10.1. The molecule has 1 saturated heterocycles. The van der Waals surface area contributed by atoms with Gasteiger partial charge in [-0.15, -0.1) is 0 Å². The molecule has 0 saturated carbocycles. The Kier molecular flexibility index (Phi) is 6.60. The number of benzene rings is 2. The van der Waals surface area contributed by atoms with Crippen molar-refractivity contribution in [2.24, 2.45) is 0 Å². The van der Waals surface area contributed by atoms with E-state index in [9.17, 15) is 19.2 Å². The van der Waals surface area contributed by atoms with Crippen LogP contribution in [0, 0.1) is 0 Å². The van der Waals surface area contributed by atoms with E-state index >= 15 is 0 Å². The maximum Gasteiger partial charge on any atom is 0.335 e. The Balaban J connectivity index is 1.99. The number of urea groups is 1. The molecule has 9 nitrogen and oxygen atoms in total. The fourth-order valence-electron chi connectivity index (χ4n) is 2.92. The highest BCUT2D eigenvalue weighted by molar-refractivity contribution is 6.39. The van der Waals surface area contributed by atoms with Gasteiger partial charge in [0.2, 0.25) is 0 Å². The summed E-state index contributed by atoms with van der Waals surface area (Å²) >= 11 is 6.26. The summed E-state index contributed by atoms with van der Waals surface area (Å²) in [5, 5.41) is 11.3. The number of hydrogen-bond donors (Lipinski definition) is 2. The molecule has 10 heteroatoms. The maximum absolute atomic E-state index is 13.0. The number of imide groups is 2. The van der Waals surface area contributed by atoms with Crippen molar-refractivity contribution in [3.63, 3.8) is 0 Å². The molecular formula is C22H17ClN2O7. The first-order valence-corrected chi connectivity index (χ1v) is 9.50. The molecule has 2 N–H and O–H groups in total. The quantitative estimate of drug-likeness (QED) is 0.372. The van der Waals surface area contributed by atoms with E-state index in [-0.39, 0.29) is 40.0 Å². The molecule has 0 aromatic heterocycles. The van der Waals surface area contributed by atoms with E-state index in [1.54, 1.807) is 0 Å². The van der Waals surface area contributed by atoms with Gasteiger partial charge in [-0.05, 0) is 48.0 Å². The lowest BCUT2D eigenvalue weighted by Gasteiger charge is -2.26. The molecule has 2 aromatic rings. The van der Waals surface area contributed by atoms with E-state index in [1.807, 2.05) is 0 Å². The molecule has 1 aliphatic heterocycles.